The van der Waals surface area contributed by atoms with E-state index in [0.717, 1.165) is 11.3 Å². The van der Waals surface area contributed by atoms with E-state index in [4.69, 9.17) is 14.2 Å². The predicted molar refractivity (Wildman–Crippen MR) is 215 cm³/mol. The number of nitrogens with one attached hydrogen (secondary N) is 4. The molecule has 0 saturated heterocycles. The Kier molecular flexibility index (Phi) is 13.3. The van der Waals surface area contributed by atoms with E-state index in [0.29, 0.717) is 55.1 Å². The van der Waals surface area contributed by atoms with Gasteiger partial charge >= 0.3 is 0 Å². The number of anilines is 3. The monoisotopic (exact) mass is 775 g/mol. The van der Waals surface area contributed by atoms with Gasteiger partial charge in [0.2, 0.25) is 5.91 Å². The molecule has 4 amide bonds. The summed E-state index contributed by atoms with van der Waals surface area (Å²) in [6.45, 7) is 3.37. The summed E-state index contributed by atoms with van der Waals surface area (Å²) < 4.78 is 16.4. The van der Waals surface area contributed by atoms with Crippen LogP contribution in [0.25, 0.3) is 6.08 Å². The van der Waals surface area contributed by atoms with Gasteiger partial charge in [-0.15, -0.1) is 23.1 Å². The molecule has 12 nitrogen and oxygen atoms in total. The van der Waals surface area contributed by atoms with Crippen molar-refractivity contribution in [1.82, 2.24) is 5.32 Å². The highest BCUT2D eigenvalue weighted by Crippen LogP contribution is 2.37. The smallest absolute Gasteiger partial charge is 0.272 e. The Hall–Kier alpha value is -6.56. The molecule has 0 radical (unpaired) electrons. The molecule has 1 aromatic heterocycles. The minimum absolute atomic E-state index is 0.0819. The van der Waals surface area contributed by atoms with E-state index in [9.17, 15) is 24.4 Å². The Morgan fingerprint density at radius 1 is 0.764 bits per heavy atom. The van der Waals surface area contributed by atoms with Crippen molar-refractivity contribution in [1.29, 1.82) is 5.26 Å². The topological polar surface area (TPSA) is 168 Å². The van der Waals surface area contributed by atoms with Gasteiger partial charge in [0.25, 0.3) is 17.7 Å². The molecule has 0 spiro atoms. The number of rotatable bonds is 14. The molecule has 0 saturated carbocycles. The van der Waals surface area contributed by atoms with Crippen molar-refractivity contribution in [3.63, 3.8) is 0 Å². The first-order valence-electron chi connectivity index (χ1n) is 16.7. The van der Waals surface area contributed by atoms with Crippen molar-refractivity contribution >= 4 is 69.2 Å². The van der Waals surface area contributed by atoms with Crippen molar-refractivity contribution in [3.8, 4) is 23.3 Å². The Morgan fingerprint density at radius 3 is 2.05 bits per heavy atom. The van der Waals surface area contributed by atoms with Gasteiger partial charge in [-0.3, -0.25) is 19.2 Å². The Bertz CT molecular complexity index is 2290. The second-order valence-corrected chi connectivity index (χ2v) is 14.2. The summed E-state index contributed by atoms with van der Waals surface area (Å²) in [6.07, 6.45) is 1.47. The minimum Gasteiger partial charge on any atom is -0.496 e. The third kappa shape index (κ3) is 9.91. The molecule has 0 aliphatic rings. The van der Waals surface area contributed by atoms with Crippen LogP contribution in [0.2, 0.25) is 0 Å². The standard InChI is InChI=1S/C41H37N5O7S2/c1-24-31(23-42)41(55-36(24)40(50)43-28-15-10-7-11-16-28)46-37(47)25(2)54-30-18-12-17-29(21-30)44-39(49)32(45-38(48)26-13-8-6-9-14-26)19-27-20-34(52-4)35(53-5)22-33(27)51-3/h6-22,25H,1-5H3,(H,43,50)(H,44,49)(H,45,48)(H,46,47)/b32-19+. The molecule has 14 heteroatoms. The number of hydrogen-bond acceptors (Lipinski definition) is 10. The molecule has 280 valence electrons. The second-order valence-electron chi connectivity index (χ2n) is 11.8. The summed E-state index contributed by atoms with van der Waals surface area (Å²) in [5.41, 5.74) is 2.39. The van der Waals surface area contributed by atoms with Gasteiger partial charge in [0.1, 0.15) is 22.5 Å². The maximum Gasteiger partial charge on any atom is 0.272 e. The number of thioether (sulfide) groups is 1. The fraction of sp³-hybridized carbons (Fsp3) is 0.146. The summed E-state index contributed by atoms with van der Waals surface area (Å²) in [5.74, 6) is -0.724. The lowest BCUT2D eigenvalue weighted by atomic mass is 10.1. The normalized spacial score (nSPS) is 11.4. The van der Waals surface area contributed by atoms with Crippen LogP contribution in [-0.4, -0.2) is 50.2 Å². The number of hydrogen-bond donors (Lipinski definition) is 4. The summed E-state index contributed by atoms with van der Waals surface area (Å²) in [5, 5.41) is 20.7. The highest BCUT2D eigenvalue weighted by atomic mass is 32.2. The van der Waals surface area contributed by atoms with Crippen LogP contribution in [0, 0.1) is 18.3 Å². The third-order valence-corrected chi connectivity index (χ3v) is 10.4. The van der Waals surface area contributed by atoms with Crippen molar-refractivity contribution in [2.45, 2.75) is 24.0 Å². The van der Waals surface area contributed by atoms with Gasteiger partial charge in [0.05, 0.1) is 37.0 Å². The molecule has 0 bridgehead atoms. The molecule has 0 fully saturated rings. The number of nitriles is 1. The second kappa shape index (κ2) is 18.5. The van der Waals surface area contributed by atoms with Gasteiger partial charge in [-0.2, -0.15) is 5.26 Å². The van der Waals surface area contributed by atoms with Crippen LogP contribution in [0.3, 0.4) is 0 Å². The Balaban J connectivity index is 1.33. The van der Waals surface area contributed by atoms with E-state index >= 15 is 0 Å². The first-order chi connectivity index (χ1) is 26.5. The maximum absolute atomic E-state index is 13.8. The highest BCUT2D eigenvalue weighted by Gasteiger charge is 2.24. The molecule has 5 rings (SSSR count). The van der Waals surface area contributed by atoms with Crippen molar-refractivity contribution in [2.24, 2.45) is 0 Å². The molecule has 1 unspecified atom stereocenters. The number of para-hydroxylation sites is 1. The maximum atomic E-state index is 13.8. The SMILES string of the molecule is COc1cc(OC)c(OC)cc1/C=C(/NC(=O)c1ccccc1)C(=O)Nc1cccc(SC(C)C(=O)Nc2sc(C(=O)Nc3ccccc3)c(C)c2C#N)c1. The van der Waals surface area contributed by atoms with Gasteiger partial charge in [0.15, 0.2) is 11.5 Å². The number of carbonyl (C=O) groups is 4. The number of carbonyl (C=O) groups excluding carboxylic acids is 4. The zero-order valence-electron chi connectivity index (χ0n) is 30.5. The Morgan fingerprint density at radius 2 is 1.40 bits per heavy atom. The van der Waals surface area contributed by atoms with Crippen molar-refractivity contribution in [3.05, 3.63) is 130 Å². The molecule has 5 aromatic rings. The molecule has 55 heavy (non-hydrogen) atoms. The first-order valence-corrected chi connectivity index (χ1v) is 18.4. The summed E-state index contributed by atoms with van der Waals surface area (Å²) in [4.78, 5) is 54.4. The lowest BCUT2D eigenvalue weighted by molar-refractivity contribution is -0.115. The number of nitrogens with zero attached hydrogens (tertiary/aromatic N) is 1. The number of methoxy groups -OCH3 is 3. The van der Waals surface area contributed by atoms with Crippen LogP contribution in [0.15, 0.2) is 108 Å². The Labute approximate surface area is 326 Å². The number of benzene rings is 4. The van der Waals surface area contributed by atoms with Crippen LogP contribution >= 0.6 is 23.1 Å². The number of ether oxygens (including phenoxy) is 3. The van der Waals surface area contributed by atoms with Crippen molar-refractivity contribution in [2.75, 3.05) is 37.3 Å². The quantitative estimate of drug-likeness (QED) is 0.0652. The highest BCUT2D eigenvalue weighted by molar-refractivity contribution is 8.00. The van der Waals surface area contributed by atoms with E-state index in [2.05, 4.69) is 27.3 Å². The zero-order valence-corrected chi connectivity index (χ0v) is 32.1. The summed E-state index contributed by atoms with van der Waals surface area (Å²) in [6, 6.07) is 29.6. The third-order valence-electron chi connectivity index (χ3n) is 8.07. The van der Waals surface area contributed by atoms with E-state index in [1.807, 2.05) is 6.07 Å². The van der Waals surface area contributed by atoms with Crippen molar-refractivity contribution < 1.29 is 33.4 Å². The van der Waals surface area contributed by atoms with E-state index in [-0.39, 0.29) is 28.1 Å². The molecule has 4 aromatic carbocycles. The zero-order chi connectivity index (χ0) is 39.5. The average Bonchev–Trinajstić information content (AvgIpc) is 3.52. The first kappa shape index (κ1) is 39.6. The fourth-order valence-electron chi connectivity index (χ4n) is 5.24. The van der Waals surface area contributed by atoms with Crippen LogP contribution in [0.1, 0.15) is 43.6 Å². The van der Waals surface area contributed by atoms with Gasteiger partial charge in [-0.1, -0.05) is 42.5 Å². The van der Waals surface area contributed by atoms with E-state index < -0.39 is 17.1 Å². The average molecular weight is 776 g/mol. The largest absolute Gasteiger partial charge is 0.496 e. The van der Waals surface area contributed by atoms with E-state index in [1.165, 1.54) is 39.2 Å². The van der Waals surface area contributed by atoms with Gasteiger partial charge in [0, 0.05) is 33.5 Å². The molecular weight excluding hydrogens is 739 g/mol. The van der Waals surface area contributed by atoms with Crippen LogP contribution < -0.4 is 35.5 Å². The molecular formula is C41H37N5O7S2. The molecule has 0 aliphatic heterocycles. The number of amides is 4. The molecule has 0 aliphatic carbocycles. The van der Waals surface area contributed by atoms with Crippen LogP contribution in [0.4, 0.5) is 16.4 Å². The molecule has 1 heterocycles. The predicted octanol–water partition coefficient (Wildman–Crippen LogP) is 7.74. The van der Waals surface area contributed by atoms with Gasteiger partial charge in [-0.05, 0) is 74.0 Å². The lowest BCUT2D eigenvalue weighted by Gasteiger charge is -2.15. The summed E-state index contributed by atoms with van der Waals surface area (Å²) >= 11 is 2.26. The van der Waals surface area contributed by atoms with Gasteiger partial charge < -0.3 is 35.5 Å². The van der Waals surface area contributed by atoms with Gasteiger partial charge in [-0.25, -0.2) is 0 Å². The lowest BCUT2D eigenvalue weighted by Crippen LogP contribution is -2.30. The minimum atomic E-state index is -0.639. The van der Waals surface area contributed by atoms with Crippen LogP contribution in [-0.2, 0) is 9.59 Å². The fourth-order valence-corrected chi connectivity index (χ4v) is 7.22. The number of thiophene rings is 1. The summed E-state index contributed by atoms with van der Waals surface area (Å²) in [7, 11) is 4.44. The van der Waals surface area contributed by atoms with E-state index in [1.54, 1.807) is 105 Å². The molecule has 1 atom stereocenters. The van der Waals surface area contributed by atoms with Crippen LogP contribution in [0.5, 0.6) is 17.2 Å². The molecule has 4 N–H and O–H groups in total.